The fourth-order valence-electron chi connectivity index (χ4n) is 2.99. The van der Waals surface area contributed by atoms with Gasteiger partial charge in [-0.1, -0.05) is 33.8 Å². The molecule has 0 radical (unpaired) electrons. The maximum atomic E-state index is 4.69. The highest BCUT2D eigenvalue weighted by Gasteiger charge is 2.32. The third-order valence-electron chi connectivity index (χ3n) is 4.71. The van der Waals surface area contributed by atoms with Gasteiger partial charge in [-0.2, -0.15) is 0 Å². The predicted molar refractivity (Wildman–Crippen MR) is 90.7 cm³/mol. The van der Waals surface area contributed by atoms with Gasteiger partial charge in [-0.15, -0.1) is 0 Å². The summed E-state index contributed by atoms with van der Waals surface area (Å²) in [4.78, 5) is 7.13. The molecule has 0 bridgehead atoms. The summed E-state index contributed by atoms with van der Waals surface area (Å²) in [7, 11) is 0. The lowest BCUT2D eigenvalue weighted by Crippen LogP contribution is -2.26. The summed E-state index contributed by atoms with van der Waals surface area (Å²) < 4.78 is 0. The Kier molecular flexibility index (Phi) is 5.26. The second-order valence-electron chi connectivity index (χ2n) is 7.42. The van der Waals surface area contributed by atoms with Crippen LogP contribution in [0.3, 0.4) is 0 Å². The molecule has 3 nitrogen and oxygen atoms in total. The average molecular weight is 289 g/mol. The molecule has 1 aliphatic rings. The van der Waals surface area contributed by atoms with Gasteiger partial charge in [0, 0.05) is 25.3 Å². The number of rotatable bonds is 5. The first kappa shape index (κ1) is 16.3. The van der Waals surface area contributed by atoms with Crippen molar-refractivity contribution in [2.24, 2.45) is 11.3 Å². The summed E-state index contributed by atoms with van der Waals surface area (Å²) in [6.07, 6.45) is 4.48. The molecular formula is C18H31N3. The zero-order valence-corrected chi connectivity index (χ0v) is 14.3. The van der Waals surface area contributed by atoms with E-state index in [1.807, 2.05) is 6.20 Å². The molecule has 0 aliphatic carbocycles. The van der Waals surface area contributed by atoms with Gasteiger partial charge in [0.2, 0.25) is 0 Å². The number of hydrogen-bond acceptors (Lipinski definition) is 3. The van der Waals surface area contributed by atoms with E-state index in [9.17, 15) is 0 Å². The van der Waals surface area contributed by atoms with Crippen molar-refractivity contribution in [1.29, 1.82) is 0 Å². The molecule has 0 aromatic carbocycles. The molecule has 1 aromatic heterocycles. The van der Waals surface area contributed by atoms with Crippen LogP contribution in [0.4, 0.5) is 5.82 Å². The predicted octanol–water partition coefficient (Wildman–Crippen LogP) is 4.01. The molecule has 2 heterocycles. The molecule has 1 aromatic rings. The third kappa shape index (κ3) is 4.19. The molecule has 1 fully saturated rings. The standard InChI is InChI=1S/C18H31N3/c1-6-10-19-14(2)15-7-8-17(20-12-15)21-11-9-16(13-21)18(3,4)5/h7-8,12,14,16,19H,6,9-11,13H2,1-5H3. The van der Waals surface area contributed by atoms with Crippen molar-refractivity contribution in [3.8, 4) is 0 Å². The molecule has 1 N–H and O–H groups in total. The third-order valence-corrected chi connectivity index (χ3v) is 4.71. The van der Waals surface area contributed by atoms with E-state index in [-0.39, 0.29) is 0 Å². The lowest BCUT2D eigenvalue weighted by atomic mass is 9.80. The van der Waals surface area contributed by atoms with Crippen molar-refractivity contribution in [2.75, 3.05) is 24.5 Å². The van der Waals surface area contributed by atoms with Crippen LogP contribution in [-0.4, -0.2) is 24.6 Å². The summed E-state index contributed by atoms with van der Waals surface area (Å²) in [5.41, 5.74) is 1.67. The number of hydrogen-bond donors (Lipinski definition) is 1. The van der Waals surface area contributed by atoms with Gasteiger partial charge in [0.25, 0.3) is 0 Å². The highest BCUT2D eigenvalue weighted by molar-refractivity contribution is 5.41. The van der Waals surface area contributed by atoms with Gasteiger partial charge >= 0.3 is 0 Å². The Balaban J connectivity index is 1.97. The van der Waals surface area contributed by atoms with E-state index in [1.54, 1.807) is 0 Å². The zero-order valence-electron chi connectivity index (χ0n) is 14.3. The molecule has 21 heavy (non-hydrogen) atoms. The zero-order chi connectivity index (χ0) is 15.5. The molecule has 2 rings (SSSR count). The van der Waals surface area contributed by atoms with E-state index in [1.165, 1.54) is 12.0 Å². The fraction of sp³-hybridized carbons (Fsp3) is 0.722. The first-order valence-electron chi connectivity index (χ1n) is 8.36. The summed E-state index contributed by atoms with van der Waals surface area (Å²) in [5.74, 6) is 1.90. The fourth-order valence-corrected chi connectivity index (χ4v) is 2.99. The molecule has 2 unspecified atom stereocenters. The molecule has 0 saturated carbocycles. The van der Waals surface area contributed by atoms with Crippen LogP contribution in [0.15, 0.2) is 18.3 Å². The Hall–Kier alpha value is -1.09. The Morgan fingerprint density at radius 1 is 1.38 bits per heavy atom. The largest absolute Gasteiger partial charge is 0.356 e. The highest BCUT2D eigenvalue weighted by Crippen LogP contribution is 2.35. The van der Waals surface area contributed by atoms with Gasteiger partial charge in [-0.05, 0) is 49.3 Å². The molecule has 0 amide bonds. The lowest BCUT2D eigenvalue weighted by Gasteiger charge is -2.27. The minimum atomic E-state index is 0.382. The van der Waals surface area contributed by atoms with E-state index in [0.29, 0.717) is 11.5 Å². The summed E-state index contributed by atoms with van der Waals surface area (Å²) in [6, 6.07) is 4.79. The minimum absolute atomic E-state index is 0.382. The topological polar surface area (TPSA) is 28.2 Å². The van der Waals surface area contributed by atoms with Gasteiger partial charge in [0.1, 0.15) is 5.82 Å². The first-order valence-corrected chi connectivity index (χ1v) is 8.36. The molecule has 2 atom stereocenters. The number of nitrogens with one attached hydrogen (secondary N) is 1. The summed E-state index contributed by atoms with van der Waals surface area (Å²) in [6.45, 7) is 14.8. The Morgan fingerprint density at radius 2 is 2.14 bits per heavy atom. The lowest BCUT2D eigenvalue weighted by molar-refractivity contribution is 0.263. The van der Waals surface area contributed by atoms with Crippen LogP contribution in [0, 0.1) is 11.3 Å². The number of aromatic nitrogens is 1. The second kappa shape index (κ2) is 6.78. The highest BCUT2D eigenvalue weighted by atomic mass is 15.2. The van der Waals surface area contributed by atoms with Crippen LogP contribution in [0.25, 0.3) is 0 Å². The Bertz CT molecular complexity index is 433. The quantitative estimate of drug-likeness (QED) is 0.887. The van der Waals surface area contributed by atoms with E-state index < -0.39 is 0 Å². The monoisotopic (exact) mass is 289 g/mol. The smallest absolute Gasteiger partial charge is 0.128 e. The van der Waals surface area contributed by atoms with Crippen LogP contribution in [0.1, 0.15) is 59.1 Å². The van der Waals surface area contributed by atoms with Crippen molar-refractivity contribution in [3.63, 3.8) is 0 Å². The first-order chi connectivity index (χ1) is 9.91. The molecule has 1 aliphatic heterocycles. The van der Waals surface area contributed by atoms with Crippen molar-refractivity contribution in [1.82, 2.24) is 10.3 Å². The molecule has 118 valence electrons. The van der Waals surface area contributed by atoms with Crippen LogP contribution >= 0.6 is 0 Å². The second-order valence-corrected chi connectivity index (χ2v) is 7.42. The number of nitrogens with zero attached hydrogens (tertiary/aromatic N) is 2. The maximum Gasteiger partial charge on any atom is 0.128 e. The molecular weight excluding hydrogens is 258 g/mol. The van der Waals surface area contributed by atoms with Crippen molar-refractivity contribution in [3.05, 3.63) is 23.9 Å². The van der Waals surface area contributed by atoms with E-state index in [2.05, 4.69) is 57.0 Å². The van der Waals surface area contributed by atoms with E-state index >= 15 is 0 Å². The van der Waals surface area contributed by atoms with Crippen LogP contribution in [-0.2, 0) is 0 Å². The van der Waals surface area contributed by atoms with Gasteiger partial charge < -0.3 is 10.2 Å². The minimum Gasteiger partial charge on any atom is -0.356 e. The van der Waals surface area contributed by atoms with E-state index in [0.717, 1.165) is 37.8 Å². The van der Waals surface area contributed by atoms with Crippen molar-refractivity contribution >= 4 is 5.82 Å². The van der Waals surface area contributed by atoms with Crippen LogP contribution < -0.4 is 10.2 Å². The summed E-state index contributed by atoms with van der Waals surface area (Å²) in [5, 5.41) is 3.51. The molecule has 3 heteroatoms. The molecule has 0 spiro atoms. The van der Waals surface area contributed by atoms with Crippen molar-refractivity contribution in [2.45, 2.75) is 53.5 Å². The van der Waals surface area contributed by atoms with Crippen LogP contribution in [0.5, 0.6) is 0 Å². The van der Waals surface area contributed by atoms with E-state index in [4.69, 9.17) is 4.98 Å². The van der Waals surface area contributed by atoms with Gasteiger partial charge in [0.15, 0.2) is 0 Å². The van der Waals surface area contributed by atoms with Crippen molar-refractivity contribution < 1.29 is 0 Å². The Labute approximate surface area is 130 Å². The number of anilines is 1. The van der Waals surface area contributed by atoms with Gasteiger partial charge in [-0.25, -0.2) is 4.98 Å². The average Bonchev–Trinajstić information content (AvgIpc) is 2.95. The normalized spacial score (nSPS) is 20.8. The Morgan fingerprint density at radius 3 is 2.67 bits per heavy atom. The van der Waals surface area contributed by atoms with Gasteiger partial charge in [0.05, 0.1) is 0 Å². The summed E-state index contributed by atoms with van der Waals surface area (Å²) >= 11 is 0. The molecule has 1 saturated heterocycles. The van der Waals surface area contributed by atoms with Crippen LogP contribution in [0.2, 0.25) is 0 Å². The SMILES string of the molecule is CCCNC(C)c1ccc(N2CCC(C(C)(C)C)C2)nc1. The van der Waals surface area contributed by atoms with Gasteiger partial charge in [-0.3, -0.25) is 0 Å². The number of pyridine rings is 1. The maximum absolute atomic E-state index is 4.69.